The Labute approximate surface area is 113 Å². The van der Waals surface area contributed by atoms with Gasteiger partial charge in [0.05, 0.1) is 33.4 Å². The van der Waals surface area contributed by atoms with Gasteiger partial charge in [0, 0.05) is 24.6 Å². The van der Waals surface area contributed by atoms with E-state index in [-0.39, 0.29) is 11.9 Å². The van der Waals surface area contributed by atoms with E-state index in [4.69, 9.17) is 14.2 Å². The van der Waals surface area contributed by atoms with Crippen molar-refractivity contribution in [3.05, 3.63) is 17.7 Å². The van der Waals surface area contributed by atoms with Gasteiger partial charge in [0.1, 0.15) is 17.2 Å². The molecular weight excluding hydrogens is 246 g/mol. The van der Waals surface area contributed by atoms with Gasteiger partial charge in [-0.05, 0) is 6.92 Å². The number of ether oxygens (including phenoxy) is 3. The smallest absolute Gasteiger partial charge is 0.225 e. The quantitative estimate of drug-likeness (QED) is 0.762. The predicted molar refractivity (Wildman–Crippen MR) is 70.7 cm³/mol. The maximum atomic E-state index is 11.6. The van der Waals surface area contributed by atoms with Gasteiger partial charge in [-0.1, -0.05) is 0 Å². The highest BCUT2D eigenvalue weighted by molar-refractivity contribution is 5.83. The van der Waals surface area contributed by atoms with E-state index in [1.54, 1.807) is 33.5 Å². The van der Waals surface area contributed by atoms with Crippen molar-refractivity contribution in [3.63, 3.8) is 0 Å². The van der Waals surface area contributed by atoms with Crippen LogP contribution in [0, 0.1) is 0 Å². The lowest BCUT2D eigenvalue weighted by Gasteiger charge is -2.38. The molecule has 0 spiro atoms. The number of likely N-dealkylation sites (tertiary alicyclic amines) is 1. The predicted octanol–water partition coefficient (Wildman–Crippen LogP) is 1.83. The van der Waals surface area contributed by atoms with E-state index in [1.165, 1.54) is 0 Å². The molecule has 5 heteroatoms. The Hall–Kier alpha value is -1.91. The van der Waals surface area contributed by atoms with Gasteiger partial charge in [0.2, 0.25) is 5.91 Å². The molecule has 0 aliphatic carbocycles. The number of hydrogen-bond acceptors (Lipinski definition) is 4. The summed E-state index contributed by atoms with van der Waals surface area (Å²) >= 11 is 0. The van der Waals surface area contributed by atoms with E-state index in [0.29, 0.717) is 30.2 Å². The summed E-state index contributed by atoms with van der Waals surface area (Å²) in [5.74, 6) is 2.17. The zero-order valence-electron chi connectivity index (χ0n) is 11.7. The van der Waals surface area contributed by atoms with Crippen LogP contribution in [-0.2, 0) is 11.3 Å². The van der Waals surface area contributed by atoms with Crippen LogP contribution < -0.4 is 14.2 Å². The van der Waals surface area contributed by atoms with Crippen LogP contribution in [0.2, 0.25) is 0 Å². The topological polar surface area (TPSA) is 48.0 Å². The van der Waals surface area contributed by atoms with Gasteiger partial charge in [-0.25, -0.2) is 0 Å². The van der Waals surface area contributed by atoms with Gasteiger partial charge >= 0.3 is 0 Å². The third kappa shape index (κ3) is 2.45. The molecule has 0 N–H and O–H groups in total. The first-order chi connectivity index (χ1) is 9.10. The molecule has 0 saturated carbocycles. The van der Waals surface area contributed by atoms with E-state index in [2.05, 4.69) is 0 Å². The normalized spacial score (nSPS) is 18.0. The lowest BCUT2D eigenvalue weighted by atomic mass is 10.0. The number of benzene rings is 1. The highest BCUT2D eigenvalue weighted by atomic mass is 16.5. The van der Waals surface area contributed by atoms with Crippen molar-refractivity contribution >= 4 is 5.91 Å². The number of carbonyl (C=O) groups is 1. The van der Waals surface area contributed by atoms with Gasteiger partial charge < -0.3 is 19.1 Å². The van der Waals surface area contributed by atoms with E-state index >= 15 is 0 Å². The second kappa shape index (κ2) is 5.38. The molecule has 1 aromatic rings. The molecule has 104 valence electrons. The molecule has 1 aliphatic heterocycles. The first-order valence-corrected chi connectivity index (χ1v) is 6.19. The molecule has 0 radical (unpaired) electrons. The highest BCUT2D eigenvalue weighted by Gasteiger charge is 2.33. The van der Waals surface area contributed by atoms with Crippen molar-refractivity contribution in [1.29, 1.82) is 0 Å². The van der Waals surface area contributed by atoms with Gasteiger partial charge in [0.25, 0.3) is 0 Å². The summed E-state index contributed by atoms with van der Waals surface area (Å²) in [6, 6.07) is 3.86. The summed E-state index contributed by atoms with van der Waals surface area (Å²) in [6.45, 7) is 2.53. The van der Waals surface area contributed by atoms with Gasteiger partial charge in [0.15, 0.2) is 0 Å². The van der Waals surface area contributed by atoms with Gasteiger partial charge in [-0.15, -0.1) is 0 Å². The Balaban J connectivity index is 2.34. The molecule has 1 amide bonds. The summed E-state index contributed by atoms with van der Waals surface area (Å²) < 4.78 is 15.9. The minimum absolute atomic E-state index is 0.160. The van der Waals surface area contributed by atoms with Crippen molar-refractivity contribution in [2.75, 3.05) is 21.3 Å². The Morgan fingerprint density at radius 2 is 1.74 bits per heavy atom. The lowest BCUT2D eigenvalue weighted by Crippen LogP contribution is -2.50. The molecule has 1 unspecified atom stereocenters. The third-order valence-electron chi connectivity index (χ3n) is 3.47. The van der Waals surface area contributed by atoms with E-state index < -0.39 is 0 Å². The van der Waals surface area contributed by atoms with Crippen molar-refractivity contribution in [3.8, 4) is 17.2 Å². The monoisotopic (exact) mass is 265 g/mol. The molecule has 19 heavy (non-hydrogen) atoms. The molecule has 0 bridgehead atoms. The molecule has 1 fully saturated rings. The van der Waals surface area contributed by atoms with E-state index in [0.717, 1.165) is 5.56 Å². The van der Waals surface area contributed by atoms with Gasteiger partial charge in [-0.2, -0.15) is 0 Å². The van der Waals surface area contributed by atoms with Crippen LogP contribution in [0.5, 0.6) is 17.2 Å². The van der Waals surface area contributed by atoms with Gasteiger partial charge in [-0.3, -0.25) is 4.79 Å². The third-order valence-corrected chi connectivity index (χ3v) is 3.47. The molecule has 1 heterocycles. The van der Waals surface area contributed by atoms with E-state index in [1.807, 2.05) is 11.8 Å². The average Bonchev–Trinajstić information content (AvgIpc) is 2.43. The van der Waals surface area contributed by atoms with Crippen molar-refractivity contribution < 1.29 is 19.0 Å². The Kier molecular flexibility index (Phi) is 3.83. The maximum absolute atomic E-state index is 11.6. The molecule has 1 atom stereocenters. The highest BCUT2D eigenvalue weighted by Crippen LogP contribution is 2.36. The molecule has 2 rings (SSSR count). The maximum Gasteiger partial charge on any atom is 0.225 e. The number of carbonyl (C=O) groups excluding carboxylic acids is 1. The van der Waals surface area contributed by atoms with Crippen LogP contribution in [0.3, 0.4) is 0 Å². The minimum atomic E-state index is 0.160. The molecule has 1 saturated heterocycles. The summed E-state index contributed by atoms with van der Waals surface area (Å²) in [5, 5.41) is 0. The van der Waals surface area contributed by atoms with E-state index in [9.17, 15) is 4.79 Å². The van der Waals surface area contributed by atoms with Crippen LogP contribution in [-0.4, -0.2) is 38.2 Å². The number of β-lactam (4-membered cyclic amide) rings is 1. The molecule has 1 aromatic carbocycles. The van der Waals surface area contributed by atoms with Crippen molar-refractivity contribution in [2.24, 2.45) is 0 Å². The fourth-order valence-electron chi connectivity index (χ4n) is 2.26. The fourth-order valence-corrected chi connectivity index (χ4v) is 2.26. The summed E-state index contributed by atoms with van der Waals surface area (Å²) in [4.78, 5) is 13.4. The summed E-state index contributed by atoms with van der Waals surface area (Å²) in [6.07, 6.45) is 0.612. The fraction of sp³-hybridized carbons (Fsp3) is 0.500. The largest absolute Gasteiger partial charge is 0.496 e. The zero-order chi connectivity index (χ0) is 14.0. The number of nitrogens with zero attached hydrogens (tertiary/aromatic N) is 1. The van der Waals surface area contributed by atoms with Crippen LogP contribution in [0.4, 0.5) is 0 Å². The molecule has 1 aliphatic rings. The number of hydrogen-bond donors (Lipinski definition) is 0. The summed E-state index contributed by atoms with van der Waals surface area (Å²) in [7, 11) is 4.78. The molecule has 5 nitrogen and oxygen atoms in total. The minimum Gasteiger partial charge on any atom is -0.496 e. The van der Waals surface area contributed by atoms with Crippen LogP contribution in [0.15, 0.2) is 12.1 Å². The SMILES string of the molecule is COc1cc(OC)c(CN2C(=O)CC2C)c(OC)c1. The Bertz CT molecular complexity index is 461. The number of rotatable bonds is 5. The van der Waals surface area contributed by atoms with Crippen LogP contribution in [0.1, 0.15) is 18.9 Å². The van der Waals surface area contributed by atoms with Crippen LogP contribution >= 0.6 is 0 Å². The second-order valence-corrected chi connectivity index (χ2v) is 4.59. The first-order valence-electron chi connectivity index (χ1n) is 6.19. The zero-order valence-corrected chi connectivity index (χ0v) is 11.7. The average molecular weight is 265 g/mol. The summed E-state index contributed by atoms with van der Waals surface area (Å²) in [5.41, 5.74) is 0.866. The molecule has 0 aromatic heterocycles. The Morgan fingerprint density at radius 1 is 1.16 bits per heavy atom. The Morgan fingerprint density at radius 3 is 2.11 bits per heavy atom. The lowest BCUT2D eigenvalue weighted by molar-refractivity contribution is -0.145. The van der Waals surface area contributed by atoms with Crippen molar-refractivity contribution in [2.45, 2.75) is 25.9 Å². The first kappa shape index (κ1) is 13.5. The molecular formula is C14H19NO4. The van der Waals surface area contributed by atoms with Crippen LogP contribution in [0.25, 0.3) is 0 Å². The second-order valence-electron chi connectivity index (χ2n) is 4.59. The standard InChI is InChI=1S/C14H19NO4/c1-9-5-14(16)15(9)8-11-12(18-3)6-10(17-2)7-13(11)19-4/h6-7,9H,5,8H2,1-4H3. The number of amides is 1. The number of methoxy groups -OCH3 is 3. The van der Waals surface area contributed by atoms with Crippen molar-refractivity contribution in [1.82, 2.24) is 4.90 Å².